The van der Waals surface area contributed by atoms with Gasteiger partial charge in [0.2, 0.25) is 11.8 Å². The van der Waals surface area contributed by atoms with Crippen molar-refractivity contribution in [3.63, 3.8) is 0 Å². The van der Waals surface area contributed by atoms with Crippen LogP contribution in [0.1, 0.15) is 25.7 Å². The van der Waals surface area contributed by atoms with E-state index in [2.05, 4.69) is 22.4 Å². The number of benzene rings is 1. The summed E-state index contributed by atoms with van der Waals surface area (Å²) in [6, 6.07) is 7.43. The highest BCUT2D eigenvalue weighted by Gasteiger charge is 2.10. The predicted octanol–water partition coefficient (Wildman–Crippen LogP) is 3.28. The van der Waals surface area contributed by atoms with Crippen LogP contribution in [0.15, 0.2) is 28.7 Å². The molecule has 1 aromatic heterocycles. The molecule has 1 aromatic carbocycles. The van der Waals surface area contributed by atoms with Crippen molar-refractivity contribution in [1.29, 1.82) is 0 Å². The fourth-order valence-electron chi connectivity index (χ4n) is 1.57. The minimum absolute atomic E-state index is 0.466. The number of unbranched alkanes of at least 4 members (excludes halogenated alkanes) is 1. The third-order valence-corrected chi connectivity index (χ3v) is 2.88. The Labute approximate surface area is 111 Å². The Hall–Kier alpha value is -1.39. The summed E-state index contributed by atoms with van der Waals surface area (Å²) in [6.45, 7) is 3.71. The zero-order valence-corrected chi connectivity index (χ0v) is 11.1. The highest BCUT2D eigenvalue weighted by atomic mass is 35.5. The second-order valence-electron chi connectivity index (χ2n) is 4.01. The van der Waals surface area contributed by atoms with Gasteiger partial charge in [0.1, 0.15) is 0 Å². The van der Waals surface area contributed by atoms with Gasteiger partial charge in [-0.15, -0.1) is 10.2 Å². The number of hydrogen-bond donors (Lipinski definition) is 1. The van der Waals surface area contributed by atoms with E-state index in [1.807, 2.05) is 18.2 Å². The Morgan fingerprint density at radius 3 is 2.89 bits per heavy atom. The van der Waals surface area contributed by atoms with E-state index in [1.54, 1.807) is 6.07 Å². The molecule has 0 fully saturated rings. The molecule has 1 heterocycles. The molecule has 5 heteroatoms. The molecule has 0 aliphatic heterocycles. The van der Waals surface area contributed by atoms with Gasteiger partial charge in [-0.05, 0) is 25.1 Å². The molecule has 1 N–H and O–H groups in total. The predicted molar refractivity (Wildman–Crippen MR) is 71.4 cm³/mol. The first-order valence-corrected chi connectivity index (χ1v) is 6.47. The number of nitrogens with one attached hydrogen (secondary N) is 1. The van der Waals surface area contributed by atoms with E-state index in [9.17, 15) is 0 Å². The largest absolute Gasteiger partial charge is 0.419 e. The molecular weight excluding hydrogens is 250 g/mol. The lowest BCUT2D eigenvalue weighted by molar-refractivity contribution is 0.475. The molecule has 0 atom stereocenters. The number of aromatic nitrogens is 2. The molecule has 0 bridgehead atoms. The van der Waals surface area contributed by atoms with Gasteiger partial charge in [0.05, 0.1) is 17.1 Å². The van der Waals surface area contributed by atoms with Crippen LogP contribution in [0, 0.1) is 0 Å². The van der Waals surface area contributed by atoms with Crippen LogP contribution in [0.5, 0.6) is 0 Å². The molecule has 0 radical (unpaired) electrons. The van der Waals surface area contributed by atoms with E-state index in [0.717, 1.165) is 18.5 Å². The molecule has 2 aromatic rings. The average Bonchev–Trinajstić information content (AvgIpc) is 2.84. The number of halogens is 1. The maximum atomic E-state index is 6.07. The summed E-state index contributed by atoms with van der Waals surface area (Å²) >= 11 is 6.07. The Bertz CT molecular complexity index is 498. The fraction of sp³-hybridized carbons (Fsp3) is 0.385. The molecule has 0 aliphatic carbocycles. The molecule has 0 saturated carbocycles. The zero-order chi connectivity index (χ0) is 12.8. The lowest BCUT2D eigenvalue weighted by atomic mass is 10.2. The van der Waals surface area contributed by atoms with Crippen LogP contribution in [0.4, 0.5) is 0 Å². The maximum Gasteiger partial charge on any atom is 0.249 e. The molecule has 18 heavy (non-hydrogen) atoms. The van der Waals surface area contributed by atoms with E-state index in [1.165, 1.54) is 6.42 Å². The maximum absolute atomic E-state index is 6.07. The quantitative estimate of drug-likeness (QED) is 0.815. The number of nitrogens with zero attached hydrogens (tertiary/aromatic N) is 2. The van der Waals surface area contributed by atoms with Crippen LogP contribution < -0.4 is 5.32 Å². The van der Waals surface area contributed by atoms with E-state index >= 15 is 0 Å². The Morgan fingerprint density at radius 2 is 2.11 bits per heavy atom. The van der Waals surface area contributed by atoms with Gasteiger partial charge in [0.15, 0.2) is 0 Å². The molecule has 0 amide bonds. The highest BCUT2D eigenvalue weighted by Crippen LogP contribution is 2.25. The van der Waals surface area contributed by atoms with Crippen LogP contribution in [-0.2, 0) is 6.54 Å². The van der Waals surface area contributed by atoms with E-state index in [4.69, 9.17) is 16.0 Å². The smallest absolute Gasteiger partial charge is 0.249 e. The van der Waals surface area contributed by atoms with E-state index in [-0.39, 0.29) is 0 Å². The molecular formula is C13H16ClN3O. The van der Waals surface area contributed by atoms with E-state index < -0.39 is 0 Å². The SMILES string of the molecule is CCCCNCc1nnc(-c2ccccc2Cl)o1. The van der Waals surface area contributed by atoms with Gasteiger partial charge in [-0.1, -0.05) is 37.1 Å². The van der Waals surface area contributed by atoms with Crippen LogP contribution >= 0.6 is 11.6 Å². The molecule has 0 aliphatic rings. The van der Waals surface area contributed by atoms with Crippen molar-refractivity contribution >= 4 is 11.6 Å². The van der Waals surface area contributed by atoms with Gasteiger partial charge in [0.25, 0.3) is 0 Å². The van der Waals surface area contributed by atoms with Crippen LogP contribution in [0.25, 0.3) is 11.5 Å². The summed E-state index contributed by atoms with van der Waals surface area (Å²) in [7, 11) is 0. The van der Waals surface area contributed by atoms with Crippen LogP contribution in [-0.4, -0.2) is 16.7 Å². The second-order valence-corrected chi connectivity index (χ2v) is 4.42. The number of hydrogen-bond acceptors (Lipinski definition) is 4. The molecule has 4 nitrogen and oxygen atoms in total. The van der Waals surface area contributed by atoms with Crippen LogP contribution in [0.3, 0.4) is 0 Å². The first-order chi connectivity index (χ1) is 8.81. The molecule has 96 valence electrons. The summed E-state index contributed by atoms with van der Waals surface area (Å²) in [5.74, 6) is 1.05. The Kier molecular flexibility index (Phi) is 4.73. The average molecular weight is 266 g/mol. The Balaban J connectivity index is 2.00. The third-order valence-electron chi connectivity index (χ3n) is 2.55. The molecule has 0 spiro atoms. The third kappa shape index (κ3) is 3.31. The molecule has 0 unspecified atom stereocenters. The van der Waals surface area contributed by atoms with Gasteiger partial charge in [0, 0.05) is 0 Å². The van der Waals surface area contributed by atoms with Gasteiger partial charge in [-0.2, -0.15) is 0 Å². The van der Waals surface area contributed by atoms with Crippen molar-refractivity contribution in [1.82, 2.24) is 15.5 Å². The van der Waals surface area contributed by atoms with Crippen LogP contribution in [0.2, 0.25) is 5.02 Å². The standard InChI is InChI=1S/C13H16ClN3O/c1-2-3-8-15-9-12-16-17-13(18-12)10-6-4-5-7-11(10)14/h4-7,15H,2-3,8-9H2,1H3. The number of rotatable bonds is 6. The van der Waals surface area contributed by atoms with Gasteiger partial charge < -0.3 is 9.73 Å². The summed E-state index contributed by atoms with van der Waals surface area (Å²) in [5.41, 5.74) is 0.770. The molecule has 0 saturated heterocycles. The first-order valence-electron chi connectivity index (χ1n) is 6.09. The highest BCUT2D eigenvalue weighted by molar-refractivity contribution is 6.33. The lowest BCUT2D eigenvalue weighted by Gasteiger charge is -1.99. The van der Waals surface area contributed by atoms with E-state index in [0.29, 0.717) is 23.3 Å². The Morgan fingerprint density at radius 1 is 1.28 bits per heavy atom. The fourth-order valence-corrected chi connectivity index (χ4v) is 1.78. The minimum atomic E-state index is 0.466. The first kappa shape index (κ1) is 13.1. The lowest BCUT2D eigenvalue weighted by Crippen LogP contribution is -2.14. The second kappa shape index (κ2) is 6.52. The molecule has 2 rings (SSSR count). The normalized spacial score (nSPS) is 10.8. The van der Waals surface area contributed by atoms with Crippen molar-refractivity contribution < 1.29 is 4.42 Å². The van der Waals surface area contributed by atoms with Crippen molar-refractivity contribution in [3.05, 3.63) is 35.2 Å². The monoisotopic (exact) mass is 265 g/mol. The van der Waals surface area contributed by atoms with Crippen molar-refractivity contribution in [2.75, 3.05) is 6.54 Å². The topological polar surface area (TPSA) is 51.0 Å². The minimum Gasteiger partial charge on any atom is -0.419 e. The summed E-state index contributed by atoms with van der Waals surface area (Å²) < 4.78 is 5.56. The van der Waals surface area contributed by atoms with Crippen molar-refractivity contribution in [2.24, 2.45) is 0 Å². The summed E-state index contributed by atoms with van der Waals surface area (Å²) in [6.07, 6.45) is 2.31. The van der Waals surface area contributed by atoms with Gasteiger partial charge >= 0.3 is 0 Å². The van der Waals surface area contributed by atoms with Gasteiger partial charge in [-0.25, -0.2) is 0 Å². The zero-order valence-electron chi connectivity index (χ0n) is 10.3. The summed E-state index contributed by atoms with van der Waals surface area (Å²) in [5, 5.41) is 11.9. The van der Waals surface area contributed by atoms with Gasteiger partial charge in [-0.3, -0.25) is 0 Å². The van der Waals surface area contributed by atoms with Crippen molar-refractivity contribution in [2.45, 2.75) is 26.3 Å². The van der Waals surface area contributed by atoms with Crippen molar-refractivity contribution in [3.8, 4) is 11.5 Å². The summed E-state index contributed by atoms with van der Waals surface area (Å²) in [4.78, 5) is 0.